The molecule has 0 radical (unpaired) electrons. The number of nitrogens with zero attached hydrogens (tertiary/aromatic N) is 1. The fourth-order valence-electron chi connectivity index (χ4n) is 2.92. The summed E-state index contributed by atoms with van der Waals surface area (Å²) >= 11 is 1.92. The van der Waals surface area contributed by atoms with E-state index in [4.69, 9.17) is 0 Å². The molecule has 19 heavy (non-hydrogen) atoms. The number of imidazole rings is 1. The summed E-state index contributed by atoms with van der Waals surface area (Å²) in [4.78, 5) is 7.60. The zero-order chi connectivity index (χ0) is 13.7. The second-order valence-electron chi connectivity index (χ2n) is 5.93. The molecule has 1 aromatic heterocycles. The maximum Gasteiger partial charge on any atom is 0.165 e. The maximum atomic E-state index is 4.37. The van der Waals surface area contributed by atoms with Gasteiger partial charge in [0.15, 0.2) is 5.16 Å². The van der Waals surface area contributed by atoms with Crippen LogP contribution < -0.4 is 5.32 Å². The van der Waals surface area contributed by atoms with E-state index in [9.17, 15) is 0 Å². The molecule has 108 valence electrons. The van der Waals surface area contributed by atoms with Crippen molar-refractivity contribution < 1.29 is 0 Å². The fourth-order valence-corrected chi connectivity index (χ4v) is 4.20. The average molecular weight is 281 g/mol. The molecule has 1 aliphatic rings. The average Bonchev–Trinajstić information content (AvgIpc) is 2.90. The molecular weight excluding hydrogens is 254 g/mol. The number of hydrogen-bond donors (Lipinski definition) is 2. The summed E-state index contributed by atoms with van der Waals surface area (Å²) in [5.74, 6) is 1.67. The molecule has 1 aliphatic carbocycles. The predicted molar refractivity (Wildman–Crippen MR) is 82.5 cm³/mol. The molecule has 0 saturated heterocycles. The number of hydrogen-bond acceptors (Lipinski definition) is 3. The van der Waals surface area contributed by atoms with Crippen LogP contribution in [0, 0.1) is 11.8 Å². The normalized spacial score (nSPS) is 27.9. The van der Waals surface area contributed by atoms with Gasteiger partial charge in [0.05, 0.1) is 0 Å². The molecule has 0 bridgehead atoms. The van der Waals surface area contributed by atoms with E-state index in [1.807, 2.05) is 24.2 Å². The van der Waals surface area contributed by atoms with Crippen molar-refractivity contribution in [1.29, 1.82) is 0 Å². The summed E-state index contributed by atoms with van der Waals surface area (Å²) in [6, 6.07) is 0.644. The first kappa shape index (κ1) is 14.9. The lowest BCUT2D eigenvalue weighted by Gasteiger charge is -2.37. The van der Waals surface area contributed by atoms with Crippen LogP contribution in [0.4, 0.5) is 0 Å². The summed E-state index contributed by atoms with van der Waals surface area (Å²) < 4.78 is 0. The highest BCUT2D eigenvalue weighted by Gasteiger charge is 2.32. The highest BCUT2D eigenvalue weighted by Crippen LogP contribution is 2.38. The summed E-state index contributed by atoms with van der Waals surface area (Å²) in [6.07, 6.45) is 8.96. The molecule has 1 fully saturated rings. The quantitative estimate of drug-likeness (QED) is 0.835. The van der Waals surface area contributed by atoms with Crippen LogP contribution >= 0.6 is 11.8 Å². The van der Waals surface area contributed by atoms with Gasteiger partial charge < -0.3 is 10.3 Å². The molecule has 1 aromatic rings. The molecule has 0 aliphatic heterocycles. The van der Waals surface area contributed by atoms with E-state index in [2.05, 4.69) is 36.1 Å². The van der Waals surface area contributed by atoms with Gasteiger partial charge in [-0.25, -0.2) is 4.98 Å². The second-order valence-corrected chi connectivity index (χ2v) is 7.16. The Balaban J connectivity index is 1.97. The Morgan fingerprint density at radius 2 is 2.32 bits per heavy atom. The van der Waals surface area contributed by atoms with Crippen LogP contribution in [0.1, 0.15) is 46.5 Å². The van der Waals surface area contributed by atoms with Gasteiger partial charge in [-0.1, -0.05) is 32.5 Å². The van der Waals surface area contributed by atoms with Gasteiger partial charge in [-0.05, 0) is 44.1 Å². The lowest BCUT2D eigenvalue weighted by Crippen LogP contribution is -2.43. The fraction of sp³-hybridized carbons (Fsp3) is 0.800. The minimum atomic E-state index is 0.644. The van der Waals surface area contributed by atoms with Crippen LogP contribution in [-0.4, -0.2) is 27.8 Å². The second kappa shape index (κ2) is 7.34. The van der Waals surface area contributed by atoms with Gasteiger partial charge >= 0.3 is 0 Å². The highest BCUT2D eigenvalue weighted by molar-refractivity contribution is 7.99. The minimum Gasteiger partial charge on any atom is -0.340 e. The van der Waals surface area contributed by atoms with E-state index in [-0.39, 0.29) is 0 Å². The van der Waals surface area contributed by atoms with Crippen LogP contribution in [0.3, 0.4) is 0 Å². The molecule has 2 rings (SSSR count). The van der Waals surface area contributed by atoms with Crippen LogP contribution in [-0.2, 0) is 0 Å². The Hall–Kier alpha value is -0.480. The van der Waals surface area contributed by atoms with Gasteiger partial charge in [-0.3, -0.25) is 0 Å². The first-order chi connectivity index (χ1) is 9.20. The van der Waals surface area contributed by atoms with Crippen molar-refractivity contribution >= 4 is 11.8 Å². The smallest absolute Gasteiger partial charge is 0.165 e. The zero-order valence-corrected chi connectivity index (χ0v) is 13.2. The highest BCUT2D eigenvalue weighted by atomic mass is 32.2. The third-order valence-electron chi connectivity index (χ3n) is 4.17. The number of aromatic nitrogens is 2. The summed E-state index contributed by atoms with van der Waals surface area (Å²) in [5.41, 5.74) is 0. The van der Waals surface area contributed by atoms with Gasteiger partial charge in [-0.2, -0.15) is 0 Å². The van der Waals surface area contributed by atoms with Gasteiger partial charge in [0.2, 0.25) is 0 Å². The Bertz CT molecular complexity index is 350. The van der Waals surface area contributed by atoms with E-state index in [1.54, 1.807) is 0 Å². The van der Waals surface area contributed by atoms with E-state index in [0.717, 1.165) is 23.5 Å². The zero-order valence-electron chi connectivity index (χ0n) is 12.4. The topological polar surface area (TPSA) is 40.7 Å². The Labute approximate surface area is 121 Å². The monoisotopic (exact) mass is 281 g/mol. The molecule has 3 unspecified atom stereocenters. The summed E-state index contributed by atoms with van der Waals surface area (Å²) in [5, 5.41) is 5.45. The van der Waals surface area contributed by atoms with Crippen LogP contribution in [0.5, 0.6) is 0 Å². The summed E-state index contributed by atoms with van der Waals surface area (Å²) in [6.45, 7) is 8.09. The van der Waals surface area contributed by atoms with Crippen molar-refractivity contribution in [2.45, 2.75) is 62.9 Å². The molecule has 4 heteroatoms. The van der Waals surface area contributed by atoms with Crippen molar-refractivity contribution in [3.63, 3.8) is 0 Å². The van der Waals surface area contributed by atoms with Gasteiger partial charge in [0.25, 0.3) is 0 Å². The number of H-pyrrole nitrogens is 1. The van der Waals surface area contributed by atoms with Crippen molar-refractivity contribution in [1.82, 2.24) is 15.3 Å². The van der Waals surface area contributed by atoms with Crippen molar-refractivity contribution in [3.8, 4) is 0 Å². The van der Waals surface area contributed by atoms with E-state index < -0.39 is 0 Å². The lowest BCUT2D eigenvalue weighted by atomic mass is 9.79. The summed E-state index contributed by atoms with van der Waals surface area (Å²) in [7, 11) is 0. The lowest BCUT2D eigenvalue weighted by molar-refractivity contribution is 0.246. The molecular formula is C15H27N3S. The molecule has 1 saturated carbocycles. The van der Waals surface area contributed by atoms with Gasteiger partial charge in [-0.15, -0.1) is 0 Å². The molecule has 0 aromatic carbocycles. The third kappa shape index (κ3) is 4.25. The first-order valence-corrected chi connectivity index (χ1v) is 8.48. The number of aromatic amines is 1. The molecule has 2 N–H and O–H groups in total. The Morgan fingerprint density at radius 3 is 2.95 bits per heavy atom. The number of nitrogens with one attached hydrogen (secondary N) is 2. The van der Waals surface area contributed by atoms with Gasteiger partial charge in [0, 0.05) is 23.7 Å². The molecule has 3 atom stereocenters. The van der Waals surface area contributed by atoms with Crippen LogP contribution in [0.15, 0.2) is 17.6 Å². The Morgan fingerprint density at radius 1 is 1.47 bits per heavy atom. The van der Waals surface area contributed by atoms with Crippen LogP contribution in [0.2, 0.25) is 0 Å². The van der Waals surface area contributed by atoms with E-state index >= 15 is 0 Å². The SMILES string of the molecule is CCCNC1CCC(C(C)C)CC1Sc1ncc[nH]1. The van der Waals surface area contributed by atoms with Crippen molar-refractivity contribution in [2.75, 3.05) is 6.54 Å². The van der Waals surface area contributed by atoms with E-state index in [1.165, 1.54) is 25.7 Å². The molecule has 3 nitrogen and oxygen atoms in total. The molecule has 1 heterocycles. The minimum absolute atomic E-state index is 0.644. The van der Waals surface area contributed by atoms with Crippen LogP contribution in [0.25, 0.3) is 0 Å². The maximum absolute atomic E-state index is 4.37. The third-order valence-corrected chi connectivity index (χ3v) is 5.44. The van der Waals surface area contributed by atoms with Gasteiger partial charge in [0.1, 0.15) is 0 Å². The number of rotatable bonds is 6. The molecule has 0 spiro atoms. The van der Waals surface area contributed by atoms with Crippen molar-refractivity contribution in [2.24, 2.45) is 11.8 Å². The molecule has 0 amide bonds. The van der Waals surface area contributed by atoms with E-state index in [0.29, 0.717) is 11.3 Å². The first-order valence-electron chi connectivity index (χ1n) is 7.60. The standard InChI is InChI=1S/C15H27N3S/c1-4-7-16-13-6-5-12(11(2)3)10-14(13)19-15-17-8-9-18-15/h8-9,11-14,16H,4-7,10H2,1-3H3,(H,17,18). The number of thioether (sulfide) groups is 1. The van der Waals surface area contributed by atoms with Crippen molar-refractivity contribution in [3.05, 3.63) is 12.4 Å². The predicted octanol–water partition coefficient (Wildman–Crippen LogP) is 3.69. The largest absolute Gasteiger partial charge is 0.340 e. The Kier molecular flexibility index (Phi) is 5.76.